The average molecular weight is 404 g/mol. The molecule has 1 aromatic carbocycles. The van der Waals surface area contributed by atoms with Crippen molar-refractivity contribution in [1.29, 1.82) is 0 Å². The molecule has 7 nitrogen and oxygen atoms in total. The van der Waals surface area contributed by atoms with Gasteiger partial charge in [0.2, 0.25) is 0 Å². The summed E-state index contributed by atoms with van der Waals surface area (Å²) in [5, 5.41) is 0.531. The van der Waals surface area contributed by atoms with Crippen LogP contribution in [0.1, 0.15) is 11.1 Å². The monoisotopic (exact) mass is 404 g/mol. The minimum Gasteiger partial charge on any atom is -0.491 e. The topological polar surface area (TPSA) is 103 Å². The van der Waals surface area contributed by atoms with Gasteiger partial charge in [-0.1, -0.05) is 11.3 Å². The van der Waals surface area contributed by atoms with E-state index < -0.39 is 0 Å². The van der Waals surface area contributed by atoms with Crippen LogP contribution in [0.25, 0.3) is 21.5 Å². The molecule has 0 radical (unpaired) electrons. The minimum atomic E-state index is 0.514. The lowest BCUT2D eigenvalue weighted by Gasteiger charge is -2.22. The quantitative estimate of drug-likeness (QED) is 0.526. The highest BCUT2D eigenvalue weighted by Crippen LogP contribution is 2.35. The van der Waals surface area contributed by atoms with E-state index >= 15 is 0 Å². The Balaban J connectivity index is 1.55. The predicted molar refractivity (Wildman–Crippen MR) is 117 cm³/mol. The van der Waals surface area contributed by atoms with Gasteiger partial charge < -0.3 is 21.1 Å². The number of fused-ring (bicyclic) bond motifs is 2. The van der Waals surface area contributed by atoms with Gasteiger partial charge in [0.15, 0.2) is 5.13 Å². The molecule has 146 valence electrons. The number of hydrogen-bond acceptors (Lipinski definition) is 8. The Bertz CT molecular complexity index is 1220. The van der Waals surface area contributed by atoms with Gasteiger partial charge in [0, 0.05) is 41.8 Å². The van der Waals surface area contributed by atoms with Gasteiger partial charge in [0.05, 0.1) is 6.54 Å². The van der Waals surface area contributed by atoms with Crippen LogP contribution in [0, 0.1) is 6.92 Å². The second-order valence-corrected chi connectivity index (χ2v) is 8.10. The molecule has 4 N–H and O–H groups in total. The number of ether oxygens (including phenoxy) is 1. The Labute approximate surface area is 172 Å². The standard InChI is InChI=1S/C21H20N6OS/c1-12-6-13(14-8-17-20(25-10-14)29-21(23)26-17)7-15-11-27(4-5-28-19(12)15)16-2-3-24-18(22)9-16/h2-3,6-10H,4-5,11H2,1H3,(H2,22,24)(H2,23,26). The van der Waals surface area contributed by atoms with E-state index in [0.29, 0.717) is 17.6 Å². The molecule has 0 bridgehead atoms. The normalized spacial score (nSPS) is 13.8. The third-order valence-electron chi connectivity index (χ3n) is 5.05. The largest absolute Gasteiger partial charge is 0.491 e. The molecule has 8 heteroatoms. The number of nitrogens with two attached hydrogens (primary N) is 2. The van der Waals surface area contributed by atoms with E-state index in [1.807, 2.05) is 24.4 Å². The molecule has 1 aliphatic heterocycles. The number of anilines is 3. The van der Waals surface area contributed by atoms with Crippen LogP contribution < -0.4 is 21.1 Å². The van der Waals surface area contributed by atoms with Gasteiger partial charge in [-0.05, 0) is 42.3 Å². The smallest absolute Gasteiger partial charge is 0.182 e. The number of hydrogen-bond donors (Lipinski definition) is 2. The van der Waals surface area contributed by atoms with Crippen LogP contribution >= 0.6 is 11.3 Å². The van der Waals surface area contributed by atoms with Crippen LogP contribution in [0.15, 0.2) is 42.7 Å². The molecule has 1 aliphatic rings. The molecule has 0 saturated heterocycles. The molecule has 4 aromatic rings. The molecular formula is C21H20N6OS. The van der Waals surface area contributed by atoms with Crippen molar-refractivity contribution in [3.05, 3.63) is 53.9 Å². The third kappa shape index (κ3) is 3.31. The molecule has 0 saturated carbocycles. The highest BCUT2D eigenvalue weighted by molar-refractivity contribution is 7.21. The zero-order chi connectivity index (χ0) is 20.0. The molecule has 29 heavy (non-hydrogen) atoms. The van der Waals surface area contributed by atoms with E-state index in [0.717, 1.165) is 57.1 Å². The molecule has 0 unspecified atom stereocenters. The summed E-state index contributed by atoms with van der Waals surface area (Å²) in [6.07, 6.45) is 3.61. The van der Waals surface area contributed by atoms with Gasteiger partial charge in [0.25, 0.3) is 0 Å². The number of aromatic nitrogens is 3. The fraction of sp³-hybridized carbons (Fsp3) is 0.190. The van der Waals surface area contributed by atoms with Crippen molar-refractivity contribution in [1.82, 2.24) is 15.0 Å². The van der Waals surface area contributed by atoms with Gasteiger partial charge in [-0.25, -0.2) is 15.0 Å². The summed E-state index contributed by atoms with van der Waals surface area (Å²) >= 11 is 1.40. The summed E-state index contributed by atoms with van der Waals surface area (Å²) in [6.45, 7) is 4.20. The second-order valence-electron chi connectivity index (χ2n) is 7.09. The average Bonchev–Trinajstić information content (AvgIpc) is 2.93. The molecule has 0 atom stereocenters. The molecule has 5 rings (SSSR count). The zero-order valence-corrected chi connectivity index (χ0v) is 16.7. The number of aryl methyl sites for hydroxylation is 1. The summed E-state index contributed by atoms with van der Waals surface area (Å²) in [5.41, 5.74) is 17.9. The second kappa shape index (κ2) is 6.89. The Morgan fingerprint density at radius 2 is 2.00 bits per heavy atom. The fourth-order valence-electron chi connectivity index (χ4n) is 3.73. The Morgan fingerprint density at radius 3 is 2.86 bits per heavy atom. The van der Waals surface area contributed by atoms with Crippen LogP contribution in [0.2, 0.25) is 0 Å². The summed E-state index contributed by atoms with van der Waals surface area (Å²) in [7, 11) is 0. The third-order valence-corrected chi connectivity index (χ3v) is 5.86. The van der Waals surface area contributed by atoms with Crippen LogP contribution in [0.4, 0.5) is 16.6 Å². The molecule has 4 heterocycles. The van der Waals surface area contributed by atoms with Crippen molar-refractivity contribution in [3.8, 4) is 16.9 Å². The maximum atomic E-state index is 6.09. The van der Waals surface area contributed by atoms with E-state index in [2.05, 4.69) is 38.9 Å². The Hall–Kier alpha value is -3.39. The Kier molecular flexibility index (Phi) is 4.21. The lowest BCUT2D eigenvalue weighted by atomic mass is 9.99. The van der Waals surface area contributed by atoms with Crippen molar-refractivity contribution in [2.75, 3.05) is 29.5 Å². The van der Waals surface area contributed by atoms with Crippen LogP contribution in [0.3, 0.4) is 0 Å². The SMILES string of the molecule is Cc1cc(-c2cnc3sc(N)nc3c2)cc2c1OCCN(c1ccnc(N)c1)C2. The van der Waals surface area contributed by atoms with Gasteiger partial charge in [0.1, 0.15) is 28.5 Å². The summed E-state index contributed by atoms with van der Waals surface area (Å²) in [6, 6.07) is 10.2. The number of benzene rings is 1. The number of nitrogens with zero attached hydrogens (tertiary/aromatic N) is 4. The minimum absolute atomic E-state index is 0.514. The van der Waals surface area contributed by atoms with Crippen molar-refractivity contribution in [2.45, 2.75) is 13.5 Å². The maximum absolute atomic E-state index is 6.09. The van der Waals surface area contributed by atoms with E-state index in [1.54, 1.807) is 6.20 Å². The first kappa shape index (κ1) is 17.7. The van der Waals surface area contributed by atoms with E-state index in [9.17, 15) is 0 Å². The fourth-order valence-corrected chi connectivity index (χ4v) is 4.39. The van der Waals surface area contributed by atoms with Gasteiger partial charge in [-0.3, -0.25) is 0 Å². The number of nitrogen functional groups attached to an aromatic ring is 2. The van der Waals surface area contributed by atoms with Crippen molar-refractivity contribution >= 4 is 38.3 Å². The maximum Gasteiger partial charge on any atom is 0.182 e. The first-order valence-corrected chi connectivity index (χ1v) is 10.1. The van der Waals surface area contributed by atoms with Crippen molar-refractivity contribution in [2.24, 2.45) is 0 Å². The van der Waals surface area contributed by atoms with Gasteiger partial charge >= 0.3 is 0 Å². The molecule has 3 aromatic heterocycles. The lowest BCUT2D eigenvalue weighted by Crippen LogP contribution is -2.25. The Morgan fingerprint density at radius 1 is 1.10 bits per heavy atom. The summed E-state index contributed by atoms with van der Waals surface area (Å²) in [4.78, 5) is 16.1. The summed E-state index contributed by atoms with van der Waals surface area (Å²) < 4.78 is 6.09. The highest BCUT2D eigenvalue weighted by atomic mass is 32.1. The van der Waals surface area contributed by atoms with Gasteiger partial charge in [-0.2, -0.15) is 0 Å². The van der Waals surface area contributed by atoms with Crippen molar-refractivity contribution in [3.63, 3.8) is 0 Å². The number of pyridine rings is 2. The molecule has 0 spiro atoms. The van der Waals surface area contributed by atoms with Gasteiger partial charge in [-0.15, -0.1) is 0 Å². The van der Waals surface area contributed by atoms with E-state index in [4.69, 9.17) is 16.2 Å². The van der Waals surface area contributed by atoms with Crippen LogP contribution in [-0.2, 0) is 6.54 Å². The van der Waals surface area contributed by atoms with Crippen molar-refractivity contribution < 1.29 is 4.74 Å². The molecule has 0 aliphatic carbocycles. The van der Waals surface area contributed by atoms with Crippen LogP contribution in [0.5, 0.6) is 5.75 Å². The summed E-state index contributed by atoms with van der Waals surface area (Å²) in [5.74, 6) is 1.46. The molecular weight excluding hydrogens is 384 g/mol. The zero-order valence-electron chi connectivity index (χ0n) is 15.9. The van der Waals surface area contributed by atoms with E-state index in [-0.39, 0.29) is 0 Å². The number of rotatable bonds is 2. The first-order valence-electron chi connectivity index (χ1n) is 9.32. The molecule has 0 fully saturated rings. The lowest BCUT2D eigenvalue weighted by molar-refractivity contribution is 0.329. The highest BCUT2D eigenvalue weighted by Gasteiger charge is 2.19. The van der Waals surface area contributed by atoms with E-state index in [1.165, 1.54) is 11.3 Å². The van der Waals surface area contributed by atoms with Crippen LogP contribution in [-0.4, -0.2) is 28.1 Å². The molecule has 0 amide bonds. The first-order chi connectivity index (χ1) is 14.1. The predicted octanol–water partition coefficient (Wildman–Crippen LogP) is 3.63. The number of thiazole rings is 1.